The molecule has 42 heavy (non-hydrogen) atoms. The van der Waals surface area contributed by atoms with E-state index in [9.17, 15) is 9.59 Å². The minimum atomic E-state index is -0.912. The summed E-state index contributed by atoms with van der Waals surface area (Å²) < 4.78 is 20.7. The lowest BCUT2D eigenvalue weighted by atomic mass is 9.80. The number of methoxy groups -OCH3 is 1. The van der Waals surface area contributed by atoms with Crippen LogP contribution in [0.4, 0.5) is 0 Å². The summed E-state index contributed by atoms with van der Waals surface area (Å²) in [6.07, 6.45) is 3.76. The Bertz CT molecular complexity index is 1550. The number of aromatic nitrogens is 2. The molecule has 2 aliphatic rings. The molecule has 0 spiro atoms. The topological polar surface area (TPSA) is 85.8 Å². The zero-order valence-corrected chi connectivity index (χ0v) is 24.1. The van der Waals surface area contributed by atoms with Gasteiger partial charge >= 0.3 is 5.69 Å². The summed E-state index contributed by atoms with van der Waals surface area (Å²) in [6, 6.07) is 28.5. The van der Waals surface area contributed by atoms with Crippen molar-refractivity contribution < 1.29 is 14.2 Å². The van der Waals surface area contributed by atoms with Gasteiger partial charge in [0.2, 0.25) is 0 Å². The van der Waals surface area contributed by atoms with Crippen LogP contribution in [0.2, 0.25) is 0 Å². The van der Waals surface area contributed by atoms with E-state index >= 15 is 0 Å². The van der Waals surface area contributed by atoms with Crippen molar-refractivity contribution in [3.05, 3.63) is 134 Å². The van der Waals surface area contributed by atoms with Crippen LogP contribution in [0, 0.1) is 6.92 Å². The largest absolute Gasteiger partial charge is 0.497 e. The van der Waals surface area contributed by atoms with Crippen LogP contribution >= 0.6 is 0 Å². The van der Waals surface area contributed by atoms with Gasteiger partial charge in [-0.2, -0.15) is 0 Å². The molecular formula is C34H37N3O5. The normalized spacial score (nSPS) is 21.0. The third-order valence-electron chi connectivity index (χ3n) is 8.54. The molecule has 218 valence electrons. The highest BCUT2D eigenvalue weighted by atomic mass is 16.6. The van der Waals surface area contributed by atoms with Crippen LogP contribution in [0.1, 0.15) is 47.7 Å². The van der Waals surface area contributed by atoms with E-state index < -0.39 is 17.5 Å². The third kappa shape index (κ3) is 5.33. The Kier molecular flexibility index (Phi) is 8.11. The van der Waals surface area contributed by atoms with E-state index in [0.717, 1.165) is 48.4 Å². The average Bonchev–Trinajstić information content (AvgIpc) is 3.71. The van der Waals surface area contributed by atoms with Crippen LogP contribution in [0.3, 0.4) is 0 Å². The maximum absolute atomic E-state index is 12.9. The second-order valence-electron chi connectivity index (χ2n) is 11.1. The number of hydrogen-bond acceptors (Lipinski definition) is 6. The number of ether oxygens (including phenoxy) is 3. The summed E-state index contributed by atoms with van der Waals surface area (Å²) in [4.78, 5) is 29.9. The number of hydrogen-bond donors (Lipinski definition) is 1. The monoisotopic (exact) mass is 567 g/mol. The smallest absolute Gasteiger partial charge is 0.330 e. The fraction of sp³-hybridized carbons (Fsp3) is 0.353. The Morgan fingerprint density at radius 3 is 2.07 bits per heavy atom. The molecule has 3 heterocycles. The molecule has 3 aromatic carbocycles. The van der Waals surface area contributed by atoms with Gasteiger partial charge in [0.25, 0.3) is 5.56 Å². The van der Waals surface area contributed by atoms with E-state index in [1.54, 1.807) is 24.8 Å². The van der Waals surface area contributed by atoms with Crippen molar-refractivity contribution >= 4 is 0 Å². The molecule has 0 radical (unpaired) electrons. The molecule has 0 aliphatic carbocycles. The van der Waals surface area contributed by atoms with Crippen molar-refractivity contribution in [3.8, 4) is 5.75 Å². The molecule has 2 aliphatic heterocycles. The molecule has 1 aromatic heterocycles. The molecular weight excluding hydrogens is 530 g/mol. The van der Waals surface area contributed by atoms with Gasteiger partial charge in [-0.3, -0.25) is 19.2 Å². The van der Waals surface area contributed by atoms with Crippen molar-refractivity contribution in [3.63, 3.8) is 0 Å². The van der Waals surface area contributed by atoms with Crippen molar-refractivity contribution in [2.45, 2.75) is 50.2 Å². The molecule has 0 unspecified atom stereocenters. The quantitative estimate of drug-likeness (QED) is 0.297. The Balaban J connectivity index is 1.38. The second-order valence-corrected chi connectivity index (χ2v) is 11.1. The first kappa shape index (κ1) is 28.2. The second kappa shape index (κ2) is 12.1. The molecule has 0 saturated carbocycles. The molecule has 6 rings (SSSR count). The first-order valence-corrected chi connectivity index (χ1v) is 14.6. The van der Waals surface area contributed by atoms with Crippen molar-refractivity contribution in [1.29, 1.82) is 0 Å². The Labute approximate surface area is 245 Å². The average molecular weight is 568 g/mol. The van der Waals surface area contributed by atoms with Crippen LogP contribution in [-0.4, -0.2) is 53.4 Å². The van der Waals surface area contributed by atoms with Gasteiger partial charge < -0.3 is 14.2 Å². The van der Waals surface area contributed by atoms with Crippen molar-refractivity contribution in [1.82, 2.24) is 14.5 Å². The first-order chi connectivity index (χ1) is 20.5. The minimum Gasteiger partial charge on any atom is -0.497 e. The van der Waals surface area contributed by atoms with Crippen LogP contribution in [0.15, 0.2) is 101 Å². The standard InChI is InChI=1S/C34H37N3O5/c1-24-22-37(33(39)35-31(24)38)32-30(36-19-9-10-20-36)21-29(42-32)23-41-34(25-11-5-3-6-12-25,26-13-7-4-8-14-26)27-15-17-28(40-2)18-16-27/h3-8,11-18,22,29-30,32H,9-10,19-21,23H2,1-2H3,(H,35,38,39)/t29-,30+,32+/m0/s1. The van der Waals surface area contributed by atoms with E-state index in [-0.39, 0.29) is 17.7 Å². The van der Waals surface area contributed by atoms with Crippen LogP contribution < -0.4 is 16.0 Å². The molecule has 3 atom stereocenters. The van der Waals surface area contributed by atoms with Crippen molar-refractivity contribution in [2.75, 3.05) is 26.8 Å². The first-order valence-electron chi connectivity index (χ1n) is 14.6. The molecule has 8 heteroatoms. The number of H-pyrrole nitrogens is 1. The Morgan fingerprint density at radius 1 is 0.881 bits per heavy atom. The molecule has 0 bridgehead atoms. The minimum absolute atomic E-state index is 0.00654. The van der Waals surface area contributed by atoms with Crippen LogP contribution in [-0.2, 0) is 15.1 Å². The highest BCUT2D eigenvalue weighted by Crippen LogP contribution is 2.42. The van der Waals surface area contributed by atoms with Crippen LogP contribution in [0.5, 0.6) is 5.75 Å². The number of rotatable bonds is 9. The Morgan fingerprint density at radius 2 is 1.48 bits per heavy atom. The van der Waals surface area contributed by atoms with Gasteiger partial charge in [0.1, 0.15) is 11.4 Å². The van der Waals surface area contributed by atoms with E-state index in [1.807, 2.05) is 60.7 Å². The highest BCUT2D eigenvalue weighted by molar-refractivity contribution is 5.48. The molecule has 4 aromatic rings. The van der Waals surface area contributed by atoms with Gasteiger partial charge in [-0.25, -0.2) is 4.79 Å². The lowest BCUT2D eigenvalue weighted by molar-refractivity contribution is -0.0831. The Hall–Kier alpha value is -3.98. The number of nitrogens with zero attached hydrogens (tertiary/aromatic N) is 2. The lowest BCUT2D eigenvalue weighted by Gasteiger charge is -2.36. The summed E-state index contributed by atoms with van der Waals surface area (Å²) in [5.41, 5.74) is 1.71. The van der Waals surface area contributed by atoms with Gasteiger partial charge in [0.05, 0.1) is 25.9 Å². The molecule has 1 N–H and O–H groups in total. The fourth-order valence-corrected chi connectivity index (χ4v) is 6.40. The number of benzene rings is 3. The number of likely N-dealkylation sites (tertiary alicyclic amines) is 1. The summed E-state index contributed by atoms with van der Waals surface area (Å²) in [5, 5.41) is 0. The van der Waals surface area contributed by atoms with E-state index in [2.05, 4.69) is 34.1 Å². The third-order valence-corrected chi connectivity index (χ3v) is 8.54. The molecule has 2 saturated heterocycles. The van der Waals surface area contributed by atoms with E-state index in [1.165, 1.54) is 0 Å². The molecule has 0 amide bonds. The SMILES string of the molecule is COc1ccc(C(OC[C@@H]2C[C@@H](N3CCCC3)[C@H](n3cc(C)c(=O)[nH]c3=O)O2)(c2ccccc2)c2ccccc2)cc1. The predicted octanol–water partition coefficient (Wildman–Crippen LogP) is 4.61. The number of aryl methyl sites for hydroxylation is 1. The predicted molar refractivity (Wildman–Crippen MR) is 161 cm³/mol. The zero-order chi connectivity index (χ0) is 29.1. The van der Waals surface area contributed by atoms with Gasteiger partial charge in [0, 0.05) is 11.8 Å². The fourth-order valence-electron chi connectivity index (χ4n) is 6.40. The van der Waals surface area contributed by atoms with Gasteiger partial charge in [-0.15, -0.1) is 0 Å². The summed E-state index contributed by atoms with van der Waals surface area (Å²) in [7, 11) is 1.66. The van der Waals surface area contributed by atoms with Gasteiger partial charge in [-0.05, 0) is 68.1 Å². The maximum Gasteiger partial charge on any atom is 0.330 e. The van der Waals surface area contributed by atoms with Gasteiger partial charge in [-0.1, -0.05) is 72.8 Å². The highest BCUT2D eigenvalue weighted by Gasteiger charge is 2.44. The summed E-state index contributed by atoms with van der Waals surface area (Å²) in [5.74, 6) is 0.769. The molecule has 8 nitrogen and oxygen atoms in total. The van der Waals surface area contributed by atoms with Gasteiger partial charge in [0.15, 0.2) is 6.23 Å². The summed E-state index contributed by atoms with van der Waals surface area (Å²) in [6.45, 7) is 3.92. The van der Waals surface area contributed by atoms with E-state index in [0.29, 0.717) is 18.6 Å². The van der Waals surface area contributed by atoms with Crippen LogP contribution in [0.25, 0.3) is 0 Å². The number of aromatic amines is 1. The molecule has 2 fully saturated rings. The zero-order valence-electron chi connectivity index (χ0n) is 24.1. The lowest BCUT2D eigenvalue weighted by Crippen LogP contribution is -2.42. The van der Waals surface area contributed by atoms with Crippen molar-refractivity contribution in [2.24, 2.45) is 0 Å². The number of nitrogens with one attached hydrogen (secondary N) is 1. The summed E-state index contributed by atoms with van der Waals surface area (Å²) >= 11 is 0. The maximum atomic E-state index is 12.9. The van der Waals surface area contributed by atoms with E-state index in [4.69, 9.17) is 14.2 Å².